The van der Waals surface area contributed by atoms with Crippen LogP contribution in [0.3, 0.4) is 0 Å². The number of amides is 2. The van der Waals surface area contributed by atoms with Crippen LogP contribution in [0.15, 0.2) is 11.6 Å². The summed E-state index contributed by atoms with van der Waals surface area (Å²) in [5, 5.41) is 5.22. The molecule has 1 fully saturated rings. The normalized spacial score (nSPS) is 17.3. The number of aromatic nitrogens is 1. The fourth-order valence-corrected chi connectivity index (χ4v) is 2.70. The van der Waals surface area contributed by atoms with Crippen molar-refractivity contribution in [2.45, 2.75) is 19.9 Å². The molecule has 1 aliphatic heterocycles. The molecule has 1 aromatic rings. The van der Waals surface area contributed by atoms with Crippen molar-refractivity contribution < 1.29 is 14.3 Å². The Bertz CT molecular complexity index is 472. The van der Waals surface area contributed by atoms with Crippen LogP contribution in [0.5, 0.6) is 0 Å². The van der Waals surface area contributed by atoms with Crippen molar-refractivity contribution in [3.8, 4) is 0 Å². The molecule has 8 heteroatoms. The molecule has 0 aliphatic carbocycles. The quantitative estimate of drug-likeness (QED) is 0.905. The van der Waals surface area contributed by atoms with E-state index in [0.29, 0.717) is 37.9 Å². The van der Waals surface area contributed by atoms with Crippen LogP contribution >= 0.6 is 11.3 Å². The van der Waals surface area contributed by atoms with Gasteiger partial charge < -0.3 is 15.0 Å². The van der Waals surface area contributed by atoms with Crippen molar-refractivity contribution in [3.05, 3.63) is 11.6 Å². The van der Waals surface area contributed by atoms with Crippen LogP contribution in [0.1, 0.15) is 13.8 Å². The first-order valence-corrected chi connectivity index (χ1v) is 7.86. The summed E-state index contributed by atoms with van der Waals surface area (Å²) < 4.78 is 4.98. The van der Waals surface area contributed by atoms with E-state index in [1.54, 1.807) is 18.0 Å². The molecule has 2 heterocycles. The van der Waals surface area contributed by atoms with Gasteiger partial charge in [-0.05, 0) is 13.8 Å². The number of hydrogen-bond acceptors (Lipinski definition) is 6. The van der Waals surface area contributed by atoms with Crippen molar-refractivity contribution in [3.63, 3.8) is 0 Å². The van der Waals surface area contributed by atoms with Crippen LogP contribution in [-0.2, 0) is 9.53 Å². The molecule has 0 spiro atoms. The van der Waals surface area contributed by atoms with Crippen LogP contribution < -0.4 is 5.32 Å². The molecule has 116 valence electrons. The van der Waals surface area contributed by atoms with E-state index in [9.17, 15) is 9.59 Å². The van der Waals surface area contributed by atoms with E-state index in [-0.39, 0.29) is 18.0 Å². The van der Waals surface area contributed by atoms with Gasteiger partial charge in [0, 0.05) is 37.8 Å². The molecule has 0 saturated carbocycles. The van der Waals surface area contributed by atoms with Gasteiger partial charge in [0.25, 0.3) is 0 Å². The minimum absolute atomic E-state index is 0.0745. The van der Waals surface area contributed by atoms with Gasteiger partial charge in [0.05, 0.1) is 12.6 Å². The van der Waals surface area contributed by atoms with Gasteiger partial charge in [0.1, 0.15) is 0 Å². The highest BCUT2D eigenvalue weighted by atomic mass is 32.1. The Balaban J connectivity index is 1.81. The van der Waals surface area contributed by atoms with Gasteiger partial charge in [0.2, 0.25) is 5.91 Å². The predicted octanol–water partition coefficient (Wildman–Crippen LogP) is 1.24. The Morgan fingerprint density at radius 3 is 2.71 bits per heavy atom. The molecule has 1 saturated heterocycles. The maximum absolute atomic E-state index is 12.1. The summed E-state index contributed by atoms with van der Waals surface area (Å²) in [5.74, 6) is -0.0745. The van der Waals surface area contributed by atoms with Crippen LogP contribution in [0.4, 0.5) is 9.93 Å². The molecule has 0 aromatic carbocycles. The molecular formula is C13H20N4O3S. The summed E-state index contributed by atoms with van der Waals surface area (Å²) in [5.41, 5.74) is 0. The van der Waals surface area contributed by atoms with Gasteiger partial charge in [-0.25, -0.2) is 9.78 Å². The second-order valence-corrected chi connectivity index (χ2v) is 5.62. The first-order valence-electron chi connectivity index (χ1n) is 6.98. The molecule has 0 bridgehead atoms. The lowest BCUT2D eigenvalue weighted by Crippen LogP contribution is -2.54. The van der Waals surface area contributed by atoms with E-state index in [0.717, 1.165) is 0 Å². The number of carbonyl (C=O) groups excluding carboxylic acids is 2. The average Bonchev–Trinajstić information content (AvgIpc) is 3.00. The predicted molar refractivity (Wildman–Crippen MR) is 80.4 cm³/mol. The fraction of sp³-hybridized carbons (Fsp3) is 0.615. The molecule has 1 N–H and O–H groups in total. The Labute approximate surface area is 127 Å². The fourth-order valence-electron chi connectivity index (χ4n) is 2.17. The SMILES string of the molecule is CCOC(=O)N1CCN(C(C)C(=O)Nc2nccs2)CC1. The van der Waals surface area contributed by atoms with Crippen molar-refractivity contribution in [1.29, 1.82) is 0 Å². The van der Waals surface area contributed by atoms with Crippen molar-refractivity contribution in [1.82, 2.24) is 14.8 Å². The molecule has 21 heavy (non-hydrogen) atoms. The molecule has 1 unspecified atom stereocenters. The Morgan fingerprint density at radius 2 is 2.14 bits per heavy atom. The summed E-state index contributed by atoms with van der Waals surface area (Å²) >= 11 is 1.39. The van der Waals surface area contributed by atoms with Crippen molar-refractivity contribution >= 4 is 28.5 Å². The number of rotatable bonds is 4. The summed E-state index contributed by atoms with van der Waals surface area (Å²) in [6.45, 7) is 6.51. The summed E-state index contributed by atoms with van der Waals surface area (Å²) in [4.78, 5) is 31.5. The zero-order valence-corrected chi connectivity index (χ0v) is 13.1. The number of hydrogen-bond donors (Lipinski definition) is 1. The third-order valence-electron chi connectivity index (χ3n) is 3.43. The first-order chi connectivity index (χ1) is 10.1. The molecule has 2 amide bonds. The Morgan fingerprint density at radius 1 is 1.43 bits per heavy atom. The highest BCUT2D eigenvalue weighted by molar-refractivity contribution is 7.13. The number of ether oxygens (including phenoxy) is 1. The van der Waals surface area contributed by atoms with Gasteiger partial charge in [-0.15, -0.1) is 11.3 Å². The summed E-state index contributed by atoms with van der Waals surface area (Å²) in [6, 6.07) is -0.252. The number of anilines is 1. The number of piperazine rings is 1. The molecule has 1 atom stereocenters. The number of thiazole rings is 1. The molecular weight excluding hydrogens is 292 g/mol. The third kappa shape index (κ3) is 4.15. The molecule has 1 aliphatic rings. The van der Waals surface area contributed by atoms with Gasteiger partial charge >= 0.3 is 6.09 Å². The number of nitrogens with one attached hydrogen (secondary N) is 1. The van der Waals surface area contributed by atoms with Crippen LogP contribution in [0.25, 0.3) is 0 Å². The smallest absolute Gasteiger partial charge is 0.409 e. The molecule has 0 radical (unpaired) electrons. The number of nitrogens with zero attached hydrogens (tertiary/aromatic N) is 3. The molecule has 7 nitrogen and oxygen atoms in total. The van der Waals surface area contributed by atoms with E-state index in [4.69, 9.17) is 4.74 Å². The third-order valence-corrected chi connectivity index (χ3v) is 4.12. The number of carbonyl (C=O) groups is 2. The molecule has 1 aromatic heterocycles. The van der Waals surface area contributed by atoms with Gasteiger partial charge in [-0.2, -0.15) is 0 Å². The monoisotopic (exact) mass is 312 g/mol. The van der Waals surface area contributed by atoms with E-state index in [1.807, 2.05) is 12.3 Å². The Hall–Kier alpha value is -1.67. The highest BCUT2D eigenvalue weighted by Crippen LogP contribution is 2.13. The van der Waals surface area contributed by atoms with Gasteiger partial charge in [-0.1, -0.05) is 0 Å². The van der Waals surface area contributed by atoms with Gasteiger partial charge in [0.15, 0.2) is 5.13 Å². The largest absolute Gasteiger partial charge is 0.450 e. The van der Waals surface area contributed by atoms with Crippen molar-refractivity contribution in [2.24, 2.45) is 0 Å². The summed E-state index contributed by atoms with van der Waals surface area (Å²) in [6.07, 6.45) is 1.38. The van der Waals surface area contributed by atoms with Crippen LogP contribution in [-0.4, -0.2) is 65.6 Å². The maximum Gasteiger partial charge on any atom is 0.409 e. The first kappa shape index (κ1) is 15.7. The van der Waals surface area contributed by atoms with Crippen LogP contribution in [0, 0.1) is 0 Å². The summed E-state index contributed by atoms with van der Waals surface area (Å²) in [7, 11) is 0. The Kier molecular flexibility index (Phi) is 5.51. The van der Waals surface area contributed by atoms with E-state index in [2.05, 4.69) is 15.2 Å². The maximum atomic E-state index is 12.1. The minimum Gasteiger partial charge on any atom is -0.450 e. The van der Waals surface area contributed by atoms with E-state index in [1.165, 1.54) is 11.3 Å². The molecule has 2 rings (SSSR count). The second kappa shape index (κ2) is 7.37. The lowest BCUT2D eigenvalue weighted by molar-refractivity contribution is -0.121. The van der Waals surface area contributed by atoms with Crippen molar-refractivity contribution in [2.75, 3.05) is 38.1 Å². The van der Waals surface area contributed by atoms with Crippen LogP contribution in [0.2, 0.25) is 0 Å². The zero-order chi connectivity index (χ0) is 15.2. The standard InChI is InChI=1S/C13H20N4O3S/c1-3-20-13(19)17-7-5-16(6-8-17)10(2)11(18)15-12-14-4-9-21-12/h4,9-10H,3,5-8H2,1-2H3,(H,14,15,18). The zero-order valence-electron chi connectivity index (χ0n) is 12.2. The lowest BCUT2D eigenvalue weighted by Gasteiger charge is -2.36. The minimum atomic E-state index is -0.281. The van der Waals surface area contributed by atoms with E-state index >= 15 is 0 Å². The average molecular weight is 312 g/mol. The second-order valence-electron chi connectivity index (χ2n) is 4.72. The van der Waals surface area contributed by atoms with Gasteiger partial charge in [-0.3, -0.25) is 9.69 Å². The lowest BCUT2D eigenvalue weighted by atomic mass is 10.2. The highest BCUT2D eigenvalue weighted by Gasteiger charge is 2.28. The van der Waals surface area contributed by atoms with E-state index < -0.39 is 0 Å². The topological polar surface area (TPSA) is 74.8 Å².